The molecular weight excluding hydrogens is 1680 g/mol. The van der Waals surface area contributed by atoms with Crippen LogP contribution in [0.25, 0.3) is 133 Å². The number of benzene rings is 5. The lowest BCUT2D eigenvalue weighted by Gasteiger charge is -2.20. The molecule has 5 aromatic carbocycles. The van der Waals surface area contributed by atoms with Crippen molar-refractivity contribution in [1.29, 1.82) is 0 Å². The zero-order chi connectivity index (χ0) is 95.0. The van der Waals surface area contributed by atoms with Crippen molar-refractivity contribution in [2.75, 3.05) is 0 Å². The minimum Gasteiger partial charge on any atom is -0.361 e. The fourth-order valence-corrected chi connectivity index (χ4v) is 18.3. The predicted molar refractivity (Wildman–Crippen MR) is 544 cm³/mol. The molecular formula is C116H112N16O4. The van der Waals surface area contributed by atoms with E-state index in [1.54, 1.807) is 0 Å². The summed E-state index contributed by atoms with van der Waals surface area (Å²) in [7, 11) is 0. The van der Waals surface area contributed by atoms with Crippen LogP contribution in [0.15, 0.2) is 317 Å². The van der Waals surface area contributed by atoms with Crippen molar-refractivity contribution in [3.63, 3.8) is 0 Å². The van der Waals surface area contributed by atoms with Crippen LogP contribution in [0.2, 0.25) is 0 Å². The molecule has 0 aliphatic heterocycles. The van der Waals surface area contributed by atoms with Crippen LogP contribution in [0.5, 0.6) is 0 Å². The number of hydrogen-bond acceptors (Lipinski definition) is 16. The fraction of sp³-hybridized carbons (Fsp3) is 0.224. The van der Waals surface area contributed by atoms with Crippen molar-refractivity contribution in [3.05, 3.63) is 395 Å². The van der Waals surface area contributed by atoms with Gasteiger partial charge in [0.1, 0.15) is 29.1 Å². The minimum atomic E-state index is -0.126. The van der Waals surface area contributed by atoms with Gasteiger partial charge in [-0.1, -0.05) is 240 Å². The van der Waals surface area contributed by atoms with Gasteiger partial charge in [-0.2, -0.15) is 0 Å². The highest BCUT2D eigenvalue weighted by Crippen LogP contribution is 2.44. The van der Waals surface area contributed by atoms with Gasteiger partial charge >= 0.3 is 0 Å². The predicted octanol–water partition coefficient (Wildman–Crippen LogP) is 28.0. The Morgan fingerprint density at radius 3 is 0.912 bits per heavy atom. The number of rotatable bonds is 17. The van der Waals surface area contributed by atoms with E-state index in [9.17, 15) is 0 Å². The van der Waals surface area contributed by atoms with E-state index in [1.807, 2.05) is 166 Å². The fourth-order valence-electron chi connectivity index (χ4n) is 18.3. The van der Waals surface area contributed by atoms with Crippen molar-refractivity contribution in [3.8, 4) is 89.0 Å². The third-order valence-electron chi connectivity index (χ3n) is 25.6. The molecule has 0 bridgehead atoms. The van der Waals surface area contributed by atoms with Crippen LogP contribution in [0.4, 0.5) is 0 Å². The zero-order valence-electron chi connectivity index (χ0n) is 80.6. The van der Waals surface area contributed by atoms with Crippen LogP contribution >= 0.6 is 0 Å². The summed E-state index contributed by atoms with van der Waals surface area (Å²) in [6.07, 6.45) is 23.9. The first-order valence-electron chi connectivity index (χ1n) is 46.2. The molecule has 2 atom stereocenters. The van der Waals surface area contributed by atoms with Gasteiger partial charge < -0.3 is 36.4 Å². The molecule has 0 unspecified atom stereocenters. The summed E-state index contributed by atoms with van der Waals surface area (Å²) in [6.45, 7) is 41.4. The van der Waals surface area contributed by atoms with Gasteiger partial charge in [0.15, 0.2) is 0 Å². The van der Waals surface area contributed by atoms with Crippen molar-refractivity contribution in [2.45, 2.75) is 173 Å². The first kappa shape index (κ1) is 90.8. The maximum absolute atomic E-state index is 5.50. The molecule has 0 saturated carbocycles. The number of pyridine rings is 8. The summed E-state index contributed by atoms with van der Waals surface area (Å²) < 4.78 is 30.8. The second kappa shape index (κ2) is 37.8. The van der Waals surface area contributed by atoms with Crippen LogP contribution in [0.1, 0.15) is 178 Å². The molecule has 136 heavy (non-hydrogen) atoms. The number of fused-ring (bicyclic) bond motifs is 4. The molecule has 0 radical (unpaired) electrons. The van der Waals surface area contributed by atoms with Gasteiger partial charge in [-0.05, 0) is 203 Å². The Labute approximate surface area is 793 Å². The standard InChI is InChI=1S/C34H32N4O.C29H30N4O.C28H28N4O.C25H22N4O/c1-22-31(23(2)39-37-22)26-19-30-32(36-20-26)28(24-14-16-27(17-15-24)34(3,4)5)21-38(30)33(25-11-7-6-8-12-25)29-13-9-10-18-35-29;1-18-27(20(3)34-32-18)22-15-26-28(31-16-22)24(21-10-12-23(13-11-21)29(4,5)6)17-33(26)19(2)25-9-7-8-14-30-25;1-18-26(19(2)33-31-18)21-14-25-27(30-15-21)24(17-32(25)16-23-8-6-7-13-29-23)20-9-11-22(12-10-20)28(3,4)5;1-16-7-9-19(10-8-16)22-15-29(14-21-6-4-5-11-26-21)23-12-20(13-27-25(22)23)24-17(2)28-30-18(24)3/h6-21,33H,1-5H3;7-17,19H,1-6H3;6-15,17H,16H2,1-5H3;4-13,15H,14H2,1-3H3/t33-;19-;;/m00../s1. The summed E-state index contributed by atoms with van der Waals surface area (Å²) in [4.78, 5) is 38.2. The third kappa shape index (κ3) is 18.8. The number of aryl methyl sites for hydroxylation is 9. The lowest BCUT2D eigenvalue weighted by molar-refractivity contribution is 0.393. The largest absolute Gasteiger partial charge is 0.361 e. The molecule has 21 aromatic rings. The smallest absolute Gasteiger partial charge is 0.141 e. The van der Waals surface area contributed by atoms with Gasteiger partial charge in [-0.15, -0.1) is 0 Å². The van der Waals surface area contributed by atoms with Crippen LogP contribution in [-0.4, -0.2) is 78.8 Å². The SMILES string of the molecule is Cc1ccc(-c2cn(Cc3ccccn3)c3cc(-c4c(C)noc4C)cnc23)cc1.Cc1noc(C)c1-c1cnc2c(-c3ccc(C(C)(C)C)cc3)cn(Cc3ccccn3)c2c1.Cc1noc(C)c1-c1cnc2c(-c3ccc(C(C)(C)C)cc3)cn([C@@H](C)c3ccccn3)c2c1.Cc1noc(C)c1-c1cnc2c(-c3ccc(C(C)(C)C)cc3)cn([C@@H](c3ccccc3)c3ccccn3)c2c1. The van der Waals surface area contributed by atoms with Crippen molar-refractivity contribution >= 4 is 44.1 Å². The lowest BCUT2D eigenvalue weighted by Crippen LogP contribution is -2.13. The Kier molecular flexibility index (Phi) is 25.2. The van der Waals surface area contributed by atoms with Gasteiger partial charge in [0.2, 0.25) is 0 Å². The number of hydrogen-bond donors (Lipinski definition) is 0. The van der Waals surface area contributed by atoms with Gasteiger partial charge in [-0.3, -0.25) is 39.9 Å². The average Bonchev–Trinajstić information content (AvgIpc) is 1.54. The average molecular weight is 1790 g/mol. The van der Waals surface area contributed by atoms with Crippen molar-refractivity contribution in [2.24, 2.45) is 0 Å². The van der Waals surface area contributed by atoms with Gasteiger partial charge in [-0.25, -0.2) is 0 Å². The van der Waals surface area contributed by atoms with E-state index in [4.69, 9.17) is 43.0 Å². The summed E-state index contributed by atoms with van der Waals surface area (Å²) in [5.41, 5.74) is 39.3. The van der Waals surface area contributed by atoms with Gasteiger partial charge in [0.05, 0.1) is 109 Å². The van der Waals surface area contributed by atoms with E-state index in [2.05, 4.69) is 319 Å². The summed E-state index contributed by atoms with van der Waals surface area (Å²) in [5, 5.41) is 16.6. The first-order chi connectivity index (χ1) is 65.5. The molecule has 0 saturated heterocycles. The topological polar surface area (TPSA) is 227 Å². The molecule has 0 amide bonds. The van der Waals surface area contributed by atoms with Crippen LogP contribution in [0, 0.1) is 62.3 Å². The summed E-state index contributed by atoms with van der Waals surface area (Å²) >= 11 is 0. The molecule has 0 N–H and O–H groups in total. The quantitative estimate of drug-likeness (QED) is 0.0825. The highest BCUT2D eigenvalue weighted by molar-refractivity contribution is 5.99. The zero-order valence-corrected chi connectivity index (χ0v) is 80.6. The van der Waals surface area contributed by atoms with E-state index in [0.717, 1.165) is 207 Å². The van der Waals surface area contributed by atoms with Crippen LogP contribution in [-0.2, 0) is 29.3 Å². The Hall–Kier alpha value is -15.7. The van der Waals surface area contributed by atoms with Crippen molar-refractivity contribution in [1.82, 2.24) is 78.8 Å². The molecule has 21 rings (SSSR count). The first-order valence-corrected chi connectivity index (χ1v) is 46.2. The molecule has 0 fully saturated rings. The highest BCUT2D eigenvalue weighted by atomic mass is 16.5. The van der Waals surface area contributed by atoms with Crippen LogP contribution in [0.3, 0.4) is 0 Å². The summed E-state index contributed by atoms with van der Waals surface area (Å²) in [5.74, 6) is 3.19. The Morgan fingerprint density at radius 1 is 0.287 bits per heavy atom. The molecule has 20 heteroatoms. The molecule has 20 nitrogen and oxygen atoms in total. The number of aromatic nitrogens is 16. The monoisotopic (exact) mass is 1790 g/mol. The lowest BCUT2D eigenvalue weighted by atomic mass is 9.86. The summed E-state index contributed by atoms with van der Waals surface area (Å²) in [6, 6.07) is 78.5. The third-order valence-corrected chi connectivity index (χ3v) is 25.6. The van der Waals surface area contributed by atoms with Gasteiger partial charge in [0, 0.05) is 141 Å². The Balaban J connectivity index is 0.000000121. The van der Waals surface area contributed by atoms with E-state index in [1.165, 1.54) is 22.3 Å². The minimum absolute atomic E-state index is 0.0491. The molecule has 680 valence electrons. The molecule has 16 heterocycles. The van der Waals surface area contributed by atoms with E-state index >= 15 is 0 Å². The maximum atomic E-state index is 5.50. The highest BCUT2D eigenvalue weighted by Gasteiger charge is 2.29. The molecule has 0 spiro atoms. The van der Waals surface area contributed by atoms with E-state index in [0.29, 0.717) is 13.1 Å². The second-order valence-electron chi connectivity index (χ2n) is 38.4. The molecule has 16 aromatic heterocycles. The Bertz CT molecular complexity index is 7680. The van der Waals surface area contributed by atoms with Crippen molar-refractivity contribution < 1.29 is 18.1 Å². The van der Waals surface area contributed by atoms with Gasteiger partial charge in [0.25, 0.3) is 0 Å². The maximum Gasteiger partial charge on any atom is 0.141 e. The van der Waals surface area contributed by atoms with Crippen LogP contribution < -0.4 is 0 Å². The van der Waals surface area contributed by atoms with E-state index in [-0.39, 0.29) is 28.3 Å². The normalized spacial score (nSPS) is 12.2. The molecule has 0 aliphatic carbocycles. The van der Waals surface area contributed by atoms with E-state index < -0.39 is 0 Å². The number of nitrogens with zero attached hydrogens (tertiary/aromatic N) is 16. The Morgan fingerprint density at radius 2 is 0.588 bits per heavy atom. The molecule has 0 aliphatic rings. The second-order valence-corrected chi connectivity index (χ2v) is 38.4.